The molecular weight excluding hydrogens is 242 g/mol. The summed E-state index contributed by atoms with van der Waals surface area (Å²) in [5.74, 6) is 1.51. The molecule has 0 aliphatic carbocycles. The van der Waals surface area contributed by atoms with E-state index in [1.807, 2.05) is 12.1 Å². The van der Waals surface area contributed by atoms with Crippen LogP contribution in [0, 0.1) is 0 Å². The monoisotopic (exact) mass is 267 g/mol. The smallest absolute Gasteiger partial charge is 0.161 e. The van der Waals surface area contributed by atoms with E-state index in [1.54, 1.807) is 7.11 Å². The van der Waals surface area contributed by atoms with Crippen LogP contribution in [0.15, 0.2) is 18.2 Å². The van der Waals surface area contributed by atoms with Crippen LogP contribution in [0.2, 0.25) is 0 Å². The van der Waals surface area contributed by atoms with E-state index < -0.39 is 0 Å². The molecule has 0 saturated carbocycles. The van der Waals surface area contributed by atoms with Gasteiger partial charge in [-0.15, -0.1) is 0 Å². The molecule has 0 bridgehead atoms. The van der Waals surface area contributed by atoms with Gasteiger partial charge in [-0.05, 0) is 44.0 Å². The molecule has 108 valence electrons. The van der Waals surface area contributed by atoms with Crippen molar-refractivity contribution in [2.45, 2.75) is 32.7 Å². The zero-order chi connectivity index (χ0) is 14.1. The quantitative estimate of drug-likeness (QED) is 0.675. The van der Waals surface area contributed by atoms with Crippen LogP contribution in [0.3, 0.4) is 0 Å². The second-order valence-electron chi connectivity index (χ2n) is 4.47. The van der Waals surface area contributed by atoms with Crippen molar-refractivity contribution in [2.75, 3.05) is 26.9 Å². The molecule has 0 aliphatic rings. The van der Waals surface area contributed by atoms with Crippen molar-refractivity contribution in [3.8, 4) is 11.5 Å². The van der Waals surface area contributed by atoms with Crippen LogP contribution in [0.1, 0.15) is 38.3 Å². The number of nitrogens with one attached hydrogen (secondary N) is 1. The van der Waals surface area contributed by atoms with Crippen molar-refractivity contribution in [2.24, 2.45) is 0 Å². The molecule has 19 heavy (non-hydrogen) atoms. The highest BCUT2D eigenvalue weighted by atomic mass is 16.5. The Kier molecular flexibility index (Phi) is 7.30. The molecule has 0 heterocycles. The van der Waals surface area contributed by atoms with Crippen molar-refractivity contribution in [1.82, 2.24) is 5.32 Å². The number of aliphatic hydroxyl groups is 1. The molecule has 0 spiro atoms. The number of aliphatic hydroxyl groups excluding tert-OH is 1. The van der Waals surface area contributed by atoms with Gasteiger partial charge in [0.05, 0.1) is 13.7 Å². The van der Waals surface area contributed by atoms with E-state index in [4.69, 9.17) is 14.6 Å². The van der Waals surface area contributed by atoms with Crippen molar-refractivity contribution in [3.63, 3.8) is 0 Å². The Balaban J connectivity index is 2.67. The maximum absolute atomic E-state index is 8.72. The number of hydrogen-bond donors (Lipinski definition) is 2. The van der Waals surface area contributed by atoms with Gasteiger partial charge in [0.2, 0.25) is 0 Å². The first-order chi connectivity index (χ1) is 9.22. The van der Waals surface area contributed by atoms with E-state index in [2.05, 4.69) is 25.2 Å². The number of unbranched alkanes of at least 4 members (excludes halogenated alkanes) is 1. The molecular formula is C15H25NO3. The Morgan fingerprint density at radius 3 is 2.68 bits per heavy atom. The van der Waals surface area contributed by atoms with Gasteiger partial charge < -0.3 is 19.9 Å². The molecule has 1 unspecified atom stereocenters. The number of methoxy groups -OCH3 is 1. The Morgan fingerprint density at radius 1 is 1.26 bits per heavy atom. The fraction of sp³-hybridized carbons (Fsp3) is 0.600. The van der Waals surface area contributed by atoms with E-state index in [9.17, 15) is 0 Å². The fourth-order valence-corrected chi connectivity index (χ4v) is 1.89. The lowest BCUT2D eigenvalue weighted by Gasteiger charge is -2.16. The molecule has 4 heteroatoms. The maximum atomic E-state index is 8.72. The lowest BCUT2D eigenvalue weighted by molar-refractivity contribution is 0.247. The highest BCUT2D eigenvalue weighted by molar-refractivity contribution is 5.43. The molecule has 1 rings (SSSR count). The lowest BCUT2D eigenvalue weighted by atomic mass is 10.1. The number of rotatable bonds is 9. The summed E-state index contributed by atoms with van der Waals surface area (Å²) in [6, 6.07) is 6.30. The third-order valence-electron chi connectivity index (χ3n) is 3.01. The van der Waals surface area contributed by atoms with Crippen molar-refractivity contribution in [1.29, 1.82) is 0 Å². The number of ether oxygens (including phenoxy) is 2. The van der Waals surface area contributed by atoms with Crippen LogP contribution in [0.5, 0.6) is 11.5 Å². The SMILES string of the molecule is CCNC(C)c1ccc(OCCCCO)c(OC)c1. The lowest BCUT2D eigenvalue weighted by Crippen LogP contribution is -2.17. The van der Waals surface area contributed by atoms with Crippen molar-refractivity contribution < 1.29 is 14.6 Å². The molecule has 2 N–H and O–H groups in total. The molecule has 0 amide bonds. The van der Waals surface area contributed by atoms with Crippen LogP contribution in [-0.4, -0.2) is 32.0 Å². The van der Waals surface area contributed by atoms with Gasteiger partial charge in [-0.1, -0.05) is 13.0 Å². The van der Waals surface area contributed by atoms with Crippen LogP contribution < -0.4 is 14.8 Å². The van der Waals surface area contributed by atoms with Crippen LogP contribution in [-0.2, 0) is 0 Å². The first kappa shape index (κ1) is 15.8. The zero-order valence-corrected chi connectivity index (χ0v) is 12.1. The summed E-state index contributed by atoms with van der Waals surface area (Å²) in [7, 11) is 1.65. The molecule has 0 aromatic heterocycles. The number of hydrogen-bond acceptors (Lipinski definition) is 4. The molecule has 4 nitrogen and oxygen atoms in total. The first-order valence-electron chi connectivity index (χ1n) is 6.87. The highest BCUT2D eigenvalue weighted by Crippen LogP contribution is 2.30. The van der Waals surface area contributed by atoms with Crippen LogP contribution >= 0.6 is 0 Å². The van der Waals surface area contributed by atoms with Crippen molar-refractivity contribution >= 4 is 0 Å². The predicted molar refractivity (Wildman–Crippen MR) is 76.9 cm³/mol. The van der Waals surface area contributed by atoms with Gasteiger partial charge in [0.15, 0.2) is 11.5 Å². The van der Waals surface area contributed by atoms with E-state index in [1.165, 1.54) is 5.56 Å². The van der Waals surface area contributed by atoms with Gasteiger partial charge in [0, 0.05) is 12.6 Å². The Morgan fingerprint density at radius 2 is 2.05 bits per heavy atom. The van der Waals surface area contributed by atoms with E-state index in [-0.39, 0.29) is 6.61 Å². The summed E-state index contributed by atoms with van der Waals surface area (Å²) in [6.45, 7) is 5.95. The summed E-state index contributed by atoms with van der Waals surface area (Å²) in [5.41, 5.74) is 1.18. The van der Waals surface area contributed by atoms with Crippen molar-refractivity contribution in [3.05, 3.63) is 23.8 Å². The third kappa shape index (κ3) is 5.09. The summed E-state index contributed by atoms with van der Waals surface area (Å²) < 4.78 is 11.0. The fourth-order valence-electron chi connectivity index (χ4n) is 1.89. The van der Waals surface area contributed by atoms with E-state index >= 15 is 0 Å². The van der Waals surface area contributed by atoms with Crippen LogP contribution in [0.25, 0.3) is 0 Å². The highest BCUT2D eigenvalue weighted by Gasteiger charge is 2.09. The third-order valence-corrected chi connectivity index (χ3v) is 3.01. The second kappa shape index (κ2) is 8.77. The molecule has 0 saturated heterocycles. The van der Waals surface area contributed by atoms with Gasteiger partial charge in [0.25, 0.3) is 0 Å². The summed E-state index contributed by atoms with van der Waals surface area (Å²) in [4.78, 5) is 0. The van der Waals surface area contributed by atoms with Gasteiger partial charge in [-0.25, -0.2) is 0 Å². The van der Waals surface area contributed by atoms with Gasteiger partial charge in [-0.3, -0.25) is 0 Å². The topological polar surface area (TPSA) is 50.7 Å². The van der Waals surface area contributed by atoms with Gasteiger partial charge >= 0.3 is 0 Å². The molecule has 1 aromatic rings. The largest absolute Gasteiger partial charge is 0.493 e. The Hall–Kier alpha value is -1.26. The van der Waals surface area contributed by atoms with Gasteiger partial charge in [0.1, 0.15) is 0 Å². The van der Waals surface area contributed by atoms with Gasteiger partial charge in [-0.2, -0.15) is 0 Å². The molecule has 1 atom stereocenters. The standard InChI is InChI=1S/C15H25NO3/c1-4-16-12(2)13-7-8-14(15(11-13)18-3)19-10-6-5-9-17/h7-8,11-12,16-17H,4-6,9-10H2,1-3H3. The summed E-state index contributed by atoms with van der Waals surface area (Å²) >= 11 is 0. The Bertz CT molecular complexity index is 368. The molecule has 1 aromatic carbocycles. The Labute approximate surface area is 115 Å². The predicted octanol–water partition coefficient (Wildman–Crippen LogP) is 2.52. The number of benzene rings is 1. The summed E-state index contributed by atoms with van der Waals surface area (Å²) in [6.07, 6.45) is 1.60. The minimum atomic E-state index is 0.208. The van der Waals surface area contributed by atoms with E-state index in [0.29, 0.717) is 12.6 Å². The summed E-state index contributed by atoms with van der Waals surface area (Å²) in [5, 5.41) is 12.1. The average molecular weight is 267 g/mol. The normalized spacial score (nSPS) is 12.2. The zero-order valence-electron chi connectivity index (χ0n) is 12.1. The van der Waals surface area contributed by atoms with Crippen LogP contribution in [0.4, 0.5) is 0 Å². The first-order valence-corrected chi connectivity index (χ1v) is 6.87. The molecule has 0 radical (unpaired) electrons. The minimum Gasteiger partial charge on any atom is -0.493 e. The second-order valence-corrected chi connectivity index (χ2v) is 4.47. The van der Waals surface area contributed by atoms with E-state index in [0.717, 1.165) is 30.9 Å². The molecule has 0 aliphatic heterocycles. The minimum absolute atomic E-state index is 0.208. The average Bonchev–Trinajstić information content (AvgIpc) is 2.44. The maximum Gasteiger partial charge on any atom is 0.161 e. The molecule has 0 fully saturated rings.